The molecule has 0 aromatic carbocycles. The lowest BCUT2D eigenvalue weighted by molar-refractivity contribution is 0.282. The van der Waals surface area contributed by atoms with Crippen LogP contribution < -0.4 is 5.32 Å². The first-order valence-corrected chi connectivity index (χ1v) is 8.05. The minimum absolute atomic E-state index is 0.0300. The minimum atomic E-state index is -3.06. The van der Waals surface area contributed by atoms with Crippen molar-refractivity contribution in [3.63, 3.8) is 0 Å². The standard InChI is InChI=1S/C12H20N4O2S/c1-12(2,3)10-5-11(14-8-13-10)15-9-6-16(7-9)19(4,17)18/h5,8-9H,6-7H2,1-4H3,(H,13,14,15). The van der Waals surface area contributed by atoms with E-state index >= 15 is 0 Å². The first-order chi connectivity index (χ1) is 8.66. The molecule has 1 aliphatic rings. The zero-order valence-electron chi connectivity index (χ0n) is 11.7. The highest BCUT2D eigenvalue weighted by molar-refractivity contribution is 7.88. The summed E-state index contributed by atoms with van der Waals surface area (Å²) in [6, 6.07) is 2.04. The molecule has 0 spiro atoms. The van der Waals surface area contributed by atoms with Gasteiger partial charge in [-0.05, 0) is 0 Å². The van der Waals surface area contributed by atoms with Crippen molar-refractivity contribution in [1.82, 2.24) is 14.3 Å². The molecule has 1 fully saturated rings. The maximum Gasteiger partial charge on any atom is 0.211 e. The summed E-state index contributed by atoms with van der Waals surface area (Å²) in [5.41, 5.74) is 0.932. The van der Waals surface area contributed by atoms with Gasteiger partial charge in [0.25, 0.3) is 0 Å². The van der Waals surface area contributed by atoms with Crippen molar-refractivity contribution in [3.8, 4) is 0 Å². The molecular formula is C12H20N4O2S. The summed E-state index contributed by atoms with van der Waals surface area (Å²) in [5.74, 6) is 0.748. The average Bonchev–Trinajstić information content (AvgIpc) is 2.20. The second kappa shape index (κ2) is 4.72. The number of hydrogen-bond acceptors (Lipinski definition) is 5. The Hall–Kier alpha value is -1.21. The van der Waals surface area contributed by atoms with Crippen molar-refractivity contribution in [2.75, 3.05) is 24.7 Å². The second-order valence-corrected chi connectivity index (χ2v) is 7.94. The maximum atomic E-state index is 11.3. The molecule has 0 saturated carbocycles. The predicted octanol–water partition coefficient (Wildman–Crippen LogP) is 0.830. The number of nitrogens with one attached hydrogen (secondary N) is 1. The van der Waals surface area contributed by atoms with Gasteiger partial charge in [-0.2, -0.15) is 4.31 Å². The van der Waals surface area contributed by atoms with Crippen molar-refractivity contribution < 1.29 is 8.42 Å². The molecule has 6 nitrogen and oxygen atoms in total. The van der Waals surface area contributed by atoms with E-state index in [1.165, 1.54) is 16.9 Å². The van der Waals surface area contributed by atoms with Crippen LogP contribution in [0.3, 0.4) is 0 Å². The van der Waals surface area contributed by atoms with Gasteiger partial charge < -0.3 is 5.32 Å². The van der Waals surface area contributed by atoms with Gasteiger partial charge in [-0.3, -0.25) is 0 Å². The molecule has 1 aromatic rings. The van der Waals surface area contributed by atoms with Gasteiger partial charge in [0.1, 0.15) is 12.1 Å². The van der Waals surface area contributed by atoms with Crippen LogP contribution in [-0.2, 0) is 15.4 Å². The molecule has 0 unspecified atom stereocenters. The SMILES string of the molecule is CC(C)(C)c1cc(NC2CN(S(C)(=O)=O)C2)ncn1. The smallest absolute Gasteiger partial charge is 0.211 e. The minimum Gasteiger partial charge on any atom is -0.365 e. The molecule has 0 amide bonds. The van der Waals surface area contributed by atoms with Crippen molar-refractivity contribution in [3.05, 3.63) is 18.1 Å². The molecule has 7 heteroatoms. The zero-order valence-corrected chi connectivity index (χ0v) is 12.5. The Labute approximate surface area is 114 Å². The predicted molar refractivity (Wildman–Crippen MR) is 74.6 cm³/mol. The van der Waals surface area contributed by atoms with E-state index in [0.29, 0.717) is 13.1 Å². The normalized spacial score (nSPS) is 18.1. The van der Waals surface area contributed by atoms with E-state index < -0.39 is 10.0 Å². The van der Waals surface area contributed by atoms with Gasteiger partial charge in [0.2, 0.25) is 10.0 Å². The molecule has 0 bridgehead atoms. The van der Waals surface area contributed by atoms with Crippen LogP contribution in [0.4, 0.5) is 5.82 Å². The Kier molecular flexibility index (Phi) is 3.53. The van der Waals surface area contributed by atoms with Gasteiger partial charge in [0.15, 0.2) is 0 Å². The lowest BCUT2D eigenvalue weighted by Gasteiger charge is -2.37. The highest BCUT2D eigenvalue weighted by Gasteiger charge is 2.33. The summed E-state index contributed by atoms with van der Waals surface area (Å²) < 4.78 is 24.0. The van der Waals surface area contributed by atoms with Crippen LogP contribution in [0, 0.1) is 0 Å². The molecule has 19 heavy (non-hydrogen) atoms. The summed E-state index contributed by atoms with van der Waals surface area (Å²) in [6.07, 6.45) is 2.77. The van der Waals surface area contributed by atoms with Gasteiger partial charge in [0, 0.05) is 24.6 Å². The number of hydrogen-bond donors (Lipinski definition) is 1. The molecule has 106 valence electrons. The summed E-state index contributed by atoms with van der Waals surface area (Å²) >= 11 is 0. The average molecular weight is 284 g/mol. The molecule has 0 atom stereocenters. The highest BCUT2D eigenvalue weighted by atomic mass is 32.2. The molecule has 1 N–H and O–H groups in total. The van der Waals surface area contributed by atoms with Crippen LogP contribution in [0.25, 0.3) is 0 Å². The highest BCUT2D eigenvalue weighted by Crippen LogP contribution is 2.22. The van der Waals surface area contributed by atoms with Crippen molar-refractivity contribution in [2.24, 2.45) is 0 Å². The van der Waals surface area contributed by atoms with E-state index in [9.17, 15) is 8.42 Å². The molecule has 2 heterocycles. The Bertz CT molecular complexity index is 559. The first kappa shape index (κ1) is 14.2. The largest absolute Gasteiger partial charge is 0.365 e. The lowest BCUT2D eigenvalue weighted by Crippen LogP contribution is -2.56. The Morgan fingerprint density at radius 3 is 2.47 bits per heavy atom. The van der Waals surface area contributed by atoms with Crippen LogP contribution in [0.2, 0.25) is 0 Å². The van der Waals surface area contributed by atoms with E-state index in [-0.39, 0.29) is 11.5 Å². The fourth-order valence-electron chi connectivity index (χ4n) is 1.86. The molecular weight excluding hydrogens is 264 g/mol. The van der Waals surface area contributed by atoms with Gasteiger partial charge in [-0.25, -0.2) is 18.4 Å². The topological polar surface area (TPSA) is 75.2 Å². The third kappa shape index (κ3) is 3.42. The summed E-state index contributed by atoms with van der Waals surface area (Å²) in [7, 11) is -3.06. The summed E-state index contributed by atoms with van der Waals surface area (Å²) in [5, 5.41) is 3.24. The number of nitrogens with zero attached hydrogens (tertiary/aromatic N) is 3. The third-order valence-corrected chi connectivity index (χ3v) is 4.34. The van der Waals surface area contributed by atoms with Crippen molar-refractivity contribution in [1.29, 1.82) is 0 Å². The van der Waals surface area contributed by atoms with Crippen LogP contribution in [0.15, 0.2) is 12.4 Å². The molecule has 1 aliphatic heterocycles. The van der Waals surface area contributed by atoms with Crippen LogP contribution >= 0.6 is 0 Å². The fraction of sp³-hybridized carbons (Fsp3) is 0.667. The Morgan fingerprint density at radius 2 is 1.95 bits per heavy atom. The van der Waals surface area contributed by atoms with Crippen LogP contribution in [0.5, 0.6) is 0 Å². The number of aromatic nitrogens is 2. The molecule has 0 radical (unpaired) electrons. The van der Waals surface area contributed by atoms with Crippen LogP contribution in [-0.4, -0.2) is 48.1 Å². The second-order valence-electron chi connectivity index (χ2n) is 5.96. The van der Waals surface area contributed by atoms with Gasteiger partial charge in [0.05, 0.1) is 18.0 Å². The number of anilines is 1. The molecule has 0 aliphatic carbocycles. The number of rotatable bonds is 3. The van der Waals surface area contributed by atoms with Gasteiger partial charge in [-0.15, -0.1) is 0 Å². The fourth-order valence-corrected chi connectivity index (χ4v) is 2.76. The Morgan fingerprint density at radius 1 is 1.32 bits per heavy atom. The quantitative estimate of drug-likeness (QED) is 0.890. The van der Waals surface area contributed by atoms with Gasteiger partial charge >= 0.3 is 0 Å². The summed E-state index contributed by atoms with van der Waals surface area (Å²) in [4.78, 5) is 8.43. The van der Waals surface area contributed by atoms with E-state index in [0.717, 1.165) is 11.5 Å². The van der Waals surface area contributed by atoms with Crippen molar-refractivity contribution >= 4 is 15.8 Å². The molecule has 2 rings (SSSR count). The molecule has 1 saturated heterocycles. The van der Waals surface area contributed by atoms with E-state index in [1.807, 2.05) is 6.07 Å². The van der Waals surface area contributed by atoms with E-state index in [2.05, 4.69) is 36.1 Å². The van der Waals surface area contributed by atoms with E-state index in [1.54, 1.807) is 0 Å². The molecule has 1 aromatic heterocycles. The van der Waals surface area contributed by atoms with Gasteiger partial charge in [-0.1, -0.05) is 20.8 Å². The summed E-state index contributed by atoms with van der Waals surface area (Å²) in [6.45, 7) is 7.26. The Balaban J connectivity index is 1.99. The number of sulfonamides is 1. The lowest BCUT2D eigenvalue weighted by atomic mass is 9.92. The zero-order chi connectivity index (χ0) is 14.3. The van der Waals surface area contributed by atoms with E-state index in [4.69, 9.17) is 0 Å². The first-order valence-electron chi connectivity index (χ1n) is 6.20. The van der Waals surface area contributed by atoms with Crippen LogP contribution in [0.1, 0.15) is 26.5 Å². The monoisotopic (exact) mass is 284 g/mol. The van der Waals surface area contributed by atoms with Crippen molar-refractivity contribution in [2.45, 2.75) is 32.2 Å². The third-order valence-electron chi connectivity index (χ3n) is 3.10. The maximum absolute atomic E-state index is 11.3.